The van der Waals surface area contributed by atoms with E-state index in [-0.39, 0.29) is 6.54 Å². The summed E-state index contributed by atoms with van der Waals surface area (Å²) >= 11 is 5.80. The topological polar surface area (TPSA) is 81.9 Å². The molecule has 20 heavy (non-hydrogen) atoms. The van der Waals surface area contributed by atoms with Gasteiger partial charge in [-0.2, -0.15) is 0 Å². The lowest BCUT2D eigenvalue weighted by molar-refractivity contribution is -0.150. The number of nitrogens with two attached hydrogens (primary N) is 1. The molecule has 110 valence electrons. The van der Waals surface area contributed by atoms with E-state index in [1.54, 1.807) is 24.3 Å². The third-order valence-corrected chi connectivity index (χ3v) is 2.95. The highest BCUT2D eigenvalue weighted by Gasteiger charge is 2.25. The second-order valence-corrected chi connectivity index (χ2v) is 4.51. The van der Waals surface area contributed by atoms with Gasteiger partial charge in [0.2, 0.25) is 0 Å². The summed E-state index contributed by atoms with van der Waals surface area (Å²) in [6.45, 7) is 0.179. The minimum Gasteiger partial charge on any atom is -0.468 e. The number of carbonyl (C=O) groups is 2. The third kappa shape index (κ3) is 4.80. The molecule has 1 aromatic rings. The fraction of sp³-hybridized carbons (Fsp3) is 0.385. The highest BCUT2D eigenvalue weighted by Crippen LogP contribution is 2.12. The Morgan fingerprint density at radius 2 is 1.85 bits per heavy atom. The molecule has 0 bridgehead atoms. The number of nitrogens with zero attached hydrogens (tertiary/aromatic N) is 1. The van der Waals surface area contributed by atoms with E-state index in [2.05, 4.69) is 9.47 Å². The molecule has 1 rings (SSSR count). The van der Waals surface area contributed by atoms with Crippen molar-refractivity contribution in [2.24, 2.45) is 5.73 Å². The first-order valence-electron chi connectivity index (χ1n) is 5.86. The molecule has 0 spiro atoms. The molecule has 0 radical (unpaired) electrons. The van der Waals surface area contributed by atoms with Crippen molar-refractivity contribution in [3.8, 4) is 0 Å². The van der Waals surface area contributed by atoms with Crippen LogP contribution in [0.3, 0.4) is 0 Å². The van der Waals surface area contributed by atoms with Crippen molar-refractivity contribution in [3.63, 3.8) is 0 Å². The van der Waals surface area contributed by atoms with Gasteiger partial charge in [0, 0.05) is 11.6 Å². The zero-order valence-corrected chi connectivity index (χ0v) is 12.1. The van der Waals surface area contributed by atoms with E-state index >= 15 is 0 Å². The summed E-state index contributed by atoms with van der Waals surface area (Å²) in [7, 11) is 2.51. The van der Waals surface area contributed by atoms with E-state index in [0.717, 1.165) is 5.56 Å². The number of methoxy groups -OCH3 is 2. The van der Waals surface area contributed by atoms with Gasteiger partial charge >= 0.3 is 11.9 Å². The molecule has 0 aromatic heterocycles. The number of halogens is 1. The lowest BCUT2D eigenvalue weighted by Gasteiger charge is -2.25. The van der Waals surface area contributed by atoms with Crippen LogP contribution in [0.4, 0.5) is 0 Å². The minimum absolute atomic E-state index is 0.116. The monoisotopic (exact) mass is 300 g/mol. The van der Waals surface area contributed by atoms with Crippen molar-refractivity contribution in [1.29, 1.82) is 0 Å². The van der Waals surface area contributed by atoms with Gasteiger partial charge in [0.05, 0.1) is 20.8 Å². The van der Waals surface area contributed by atoms with E-state index in [4.69, 9.17) is 17.3 Å². The van der Waals surface area contributed by atoms with Gasteiger partial charge in [-0.1, -0.05) is 23.7 Å². The van der Waals surface area contributed by atoms with Crippen molar-refractivity contribution in [1.82, 2.24) is 4.90 Å². The van der Waals surface area contributed by atoms with Crippen molar-refractivity contribution in [2.75, 3.05) is 20.8 Å². The van der Waals surface area contributed by atoms with Crippen molar-refractivity contribution in [3.05, 3.63) is 34.9 Å². The molecule has 1 aromatic carbocycles. The zero-order valence-electron chi connectivity index (χ0n) is 11.3. The molecule has 7 heteroatoms. The number of rotatable bonds is 6. The summed E-state index contributed by atoms with van der Waals surface area (Å²) in [6.07, 6.45) is -1.05. The first kappa shape index (κ1) is 16.4. The van der Waals surface area contributed by atoms with Crippen LogP contribution in [0.2, 0.25) is 5.02 Å². The molecule has 0 saturated carbocycles. The summed E-state index contributed by atoms with van der Waals surface area (Å²) in [5.41, 5.74) is 6.63. The molecule has 0 saturated heterocycles. The number of esters is 2. The van der Waals surface area contributed by atoms with Crippen LogP contribution < -0.4 is 5.73 Å². The normalized spacial score (nSPS) is 12.1. The summed E-state index contributed by atoms with van der Waals surface area (Å²) in [4.78, 5) is 24.4. The maximum atomic E-state index is 11.5. The Kier molecular flexibility index (Phi) is 6.44. The van der Waals surface area contributed by atoms with E-state index < -0.39 is 18.1 Å². The first-order valence-corrected chi connectivity index (χ1v) is 6.24. The van der Waals surface area contributed by atoms with E-state index in [1.165, 1.54) is 19.1 Å². The molecular weight excluding hydrogens is 284 g/mol. The number of hydrogen-bond donors (Lipinski definition) is 1. The standard InChI is InChI=1S/C13H17ClN2O4/c1-19-11(17)8-16(12(15)13(18)20-2)7-9-3-5-10(14)6-4-9/h3-6,12H,7-8,15H2,1-2H3. The van der Waals surface area contributed by atoms with E-state index in [9.17, 15) is 9.59 Å². The molecule has 6 nitrogen and oxygen atoms in total. The molecular formula is C13H17ClN2O4. The van der Waals surface area contributed by atoms with Crippen LogP contribution in [-0.4, -0.2) is 43.8 Å². The van der Waals surface area contributed by atoms with Crippen molar-refractivity contribution in [2.45, 2.75) is 12.7 Å². The van der Waals surface area contributed by atoms with Crippen LogP contribution in [0.15, 0.2) is 24.3 Å². The van der Waals surface area contributed by atoms with Crippen LogP contribution in [-0.2, 0) is 25.6 Å². The molecule has 0 heterocycles. The Labute approximate surface area is 122 Å². The third-order valence-electron chi connectivity index (χ3n) is 2.69. The number of ether oxygens (including phenoxy) is 2. The fourth-order valence-corrected chi connectivity index (χ4v) is 1.70. The number of benzene rings is 1. The average molecular weight is 301 g/mol. The predicted molar refractivity (Wildman–Crippen MR) is 73.9 cm³/mol. The predicted octanol–water partition coefficient (Wildman–Crippen LogP) is 0.773. The van der Waals surface area contributed by atoms with Gasteiger partial charge in [-0.3, -0.25) is 9.69 Å². The zero-order chi connectivity index (χ0) is 15.1. The first-order chi connectivity index (χ1) is 9.47. The molecule has 1 atom stereocenters. The highest BCUT2D eigenvalue weighted by atomic mass is 35.5. The van der Waals surface area contributed by atoms with E-state index in [0.29, 0.717) is 11.6 Å². The van der Waals surface area contributed by atoms with Crippen LogP contribution >= 0.6 is 11.6 Å². The molecule has 2 N–H and O–H groups in total. The molecule has 0 amide bonds. The Morgan fingerprint density at radius 1 is 1.25 bits per heavy atom. The fourth-order valence-electron chi connectivity index (χ4n) is 1.58. The second-order valence-electron chi connectivity index (χ2n) is 4.08. The van der Waals surface area contributed by atoms with Crippen LogP contribution in [0, 0.1) is 0 Å². The SMILES string of the molecule is COC(=O)CN(Cc1ccc(Cl)cc1)C(N)C(=O)OC. The maximum Gasteiger partial charge on any atom is 0.337 e. The van der Waals surface area contributed by atoms with Gasteiger partial charge in [0.15, 0.2) is 6.17 Å². The number of hydrogen-bond acceptors (Lipinski definition) is 6. The quantitative estimate of drug-likeness (QED) is 0.617. The smallest absolute Gasteiger partial charge is 0.337 e. The van der Waals surface area contributed by atoms with Gasteiger partial charge in [0.1, 0.15) is 0 Å². The summed E-state index contributed by atoms with van der Waals surface area (Å²) in [5, 5.41) is 0.602. The number of carbonyl (C=O) groups excluding carboxylic acids is 2. The molecule has 0 aliphatic carbocycles. The van der Waals surface area contributed by atoms with Gasteiger partial charge in [-0.05, 0) is 17.7 Å². The largest absolute Gasteiger partial charge is 0.468 e. The second kappa shape index (κ2) is 7.84. The van der Waals surface area contributed by atoms with E-state index in [1.807, 2.05) is 0 Å². The van der Waals surface area contributed by atoms with Crippen LogP contribution in [0.1, 0.15) is 5.56 Å². The summed E-state index contributed by atoms with van der Waals surface area (Å²) in [5.74, 6) is -1.11. The summed E-state index contributed by atoms with van der Waals surface area (Å²) in [6, 6.07) is 7.01. The van der Waals surface area contributed by atoms with Gasteiger partial charge in [0.25, 0.3) is 0 Å². The lowest BCUT2D eigenvalue weighted by Crippen LogP contribution is -2.50. The Morgan fingerprint density at radius 3 is 2.35 bits per heavy atom. The summed E-state index contributed by atoms with van der Waals surface area (Å²) < 4.78 is 9.18. The molecule has 0 aliphatic rings. The van der Waals surface area contributed by atoms with Gasteiger partial charge in [-0.25, -0.2) is 4.79 Å². The molecule has 0 fully saturated rings. The lowest BCUT2D eigenvalue weighted by atomic mass is 10.2. The Bertz CT molecular complexity index is 464. The van der Waals surface area contributed by atoms with Crippen molar-refractivity contribution < 1.29 is 19.1 Å². The highest BCUT2D eigenvalue weighted by molar-refractivity contribution is 6.30. The molecule has 1 unspecified atom stereocenters. The maximum absolute atomic E-state index is 11.5. The Balaban J connectivity index is 2.83. The van der Waals surface area contributed by atoms with Gasteiger partial charge in [-0.15, -0.1) is 0 Å². The average Bonchev–Trinajstić information content (AvgIpc) is 2.46. The van der Waals surface area contributed by atoms with Gasteiger partial charge < -0.3 is 15.2 Å². The Hall–Kier alpha value is -1.63. The van der Waals surface area contributed by atoms with Crippen molar-refractivity contribution >= 4 is 23.5 Å². The minimum atomic E-state index is -1.05. The van der Waals surface area contributed by atoms with Crippen LogP contribution in [0.25, 0.3) is 0 Å². The molecule has 0 aliphatic heterocycles. The van der Waals surface area contributed by atoms with Crippen LogP contribution in [0.5, 0.6) is 0 Å².